The molecule has 0 spiro atoms. The second-order valence-electron chi connectivity index (χ2n) is 3.19. The van der Waals surface area contributed by atoms with Gasteiger partial charge in [-0.2, -0.15) is 13.2 Å². The highest BCUT2D eigenvalue weighted by Crippen LogP contribution is 2.38. The lowest BCUT2D eigenvalue weighted by Crippen LogP contribution is -2.11. The van der Waals surface area contributed by atoms with E-state index in [-0.39, 0.29) is 11.3 Å². The summed E-state index contributed by atoms with van der Waals surface area (Å²) < 4.78 is 42.3. The van der Waals surface area contributed by atoms with E-state index in [0.717, 1.165) is 20.1 Å². The van der Waals surface area contributed by atoms with Crippen LogP contribution in [0.25, 0.3) is 0 Å². The van der Waals surface area contributed by atoms with Crippen LogP contribution in [-0.2, 0) is 6.18 Å². The van der Waals surface area contributed by atoms with Crippen LogP contribution >= 0.6 is 0 Å². The summed E-state index contributed by atoms with van der Waals surface area (Å²) >= 11 is 0. The second kappa shape index (κ2) is 4.03. The Morgan fingerprint density at radius 2 is 1.94 bits per heavy atom. The van der Waals surface area contributed by atoms with Gasteiger partial charge in [0.05, 0.1) is 12.7 Å². The number of halogens is 3. The molecule has 0 radical (unpaired) electrons. The van der Waals surface area contributed by atoms with Gasteiger partial charge in [-0.15, -0.1) is 0 Å². The van der Waals surface area contributed by atoms with Crippen LogP contribution in [0.3, 0.4) is 0 Å². The van der Waals surface area contributed by atoms with Crippen molar-refractivity contribution in [1.82, 2.24) is 0 Å². The molecule has 1 aromatic carbocycles. The Morgan fingerprint density at radius 3 is 2.31 bits per heavy atom. The van der Waals surface area contributed by atoms with Crippen molar-refractivity contribution >= 4 is 11.5 Å². The summed E-state index contributed by atoms with van der Waals surface area (Å²) in [4.78, 5) is 11.1. The summed E-state index contributed by atoms with van der Waals surface area (Å²) in [5.74, 6) is -0.916. The summed E-state index contributed by atoms with van der Waals surface area (Å²) in [6, 6.07) is 1.70. The van der Waals surface area contributed by atoms with Crippen molar-refractivity contribution in [1.29, 1.82) is 0 Å². The summed E-state index contributed by atoms with van der Waals surface area (Å²) in [5, 5.41) is 0. The van der Waals surface area contributed by atoms with Gasteiger partial charge in [0.15, 0.2) is 5.78 Å². The molecule has 2 N–H and O–H groups in total. The highest BCUT2D eigenvalue weighted by molar-refractivity contribution is 5.99. The maximum Gasteiger partial charge on any atom is 0.419 e. The molecule has 0 aliphatic carbocycles. The first kappa shape index (κ1) is 12.4. The van der Waals surface area contributed by atoms with Crippen LogP contribution < -0.4 is 10.5 Å². The molecule has 0 saturated heterocycles. The van der Waals surface area contributed by atoms with Crippen LogP contribution in [0.4, 0.5) is 18.9 Å². The van der Waals surface area contributed by atoms with E-state index < -0.39 is 23.3 Å². The number of methoxy groups -OCH3 is 1. The number of nitrogens with two attached hydrogens (primary N) is 1. The van der Waals surface area contributed by atoms with E-state index in [0.29, 0.717) is 6.07 Å². The number of anilines is 1. The molecule has 16 heavy (non-hydrogen) atoms. The molecule has 0 aliphatic heterocycles. The SMILES string of the molecule is COc1cc(N)c(C(C)=O)cc1C(F)(F)F. The molecule has 3 nitrogen and oxygen atoms in total. The van der Waals surface area contributed by atoms with Crippen LogP contribution in [0.1, 0.15) is 22.8 Å². The number of rotatable bonds is 2. The zero-order valence-electron chi connectivity index (χ0n) is 8.68. The van der Waals surface area contributed by atoms with Crippen molar-refractivity contribution in [3.63, 3.8) is 0 Å². The zero-order chi connectivity index (χ0) is 12.5. The Bertz CT molecular complexity index is 427. The molecule has 1 aromatic rings. The quantitative estimate of drug-likeness (QED) is 0.630. The van der Waals surface area contributed by atoms with Gasteiger partial charge in [0.25, 0.3) is 0 Å². The number of alkyl halides is 3. The number of hydrogen-bond acceptors (Lipinski definition) is 3. The number of benzene rings is 1. The summed E-state index contributed by atoms with van der Waals surface area (Å²) in [6.07, 6.45) is -4.58. The van der Waals surface area contributed by atoms with Crippen LogP contribution in [0, 0.1) is 0 Å². The van der Waals surface area contributed by atoms with E-state index in [9.17, 15) is 18.0 Å². The fraction of sp³-hybridized carbons (Fsp3) is 0.300. The summed E-state index contributed by atoms with van der Waals surface area (Å²) in [7, 11) is 1.11. The van der Waals surface area contributed by atoms with Crippen molar-refractivity contribution in [2.75, 3.05) is 12.8 Å². The summed E-state index contributed by atoms with van der Waals surface area (Å²) in [5.41, 5.74) is 4.25. The van der Waals surface area contributed by atoms with E-state index in [1.54, 1.807) is 0 Å². The van der Waals surface area contributed by atoms with Crippen LogP contribution in [-0.4, -0.2) is 12.9 Å². The number of Topliss-reactive ketones (excluding diaryl/α,β-unsaturated/α-hetero) is 1. The molecular formula is C10H10F3NO2. The molecule has 1 rings (SSSR count). The van der Waals surface area contributed by atoms with Gasteiger partial charge in [0, 0.05) is 17.3 Å². The van der Waals surface area contributed by atoms with Gasteiger partial charge in [-0.3, -0.25) is 4.79 Å². The second-order valence-corrected chi connectivity index (χ2v) is 3.19. The average Bonchev–Trinajstić information content (AvgIpc) is 2.14. The Balaban J connectivity index is 3.47. The van der Waals surface area contributed by atoms with Gasteiger partial charge in [0.2, 0.25) is 0 Å². The van der Waals surface area contributed by atoms with Crippen LogP contribution in [0.2, 0.25) is 0 Å². The number of hydrogen-bond donors (Lipinski definition) is 1. The zero-order valence-corrected chi connectivity index (χ0v) is 8.68. The lowest BCUT2D eigenvalue weighted by atomic mass is 10.0. The first-order valence-corrected chi connectivity index (χ1v) is 4.33. The van der Waals surface area contributed by atoms with E-state index in [2.05, 4.69) is 4.74 Å². The number of nitrogen functional groups attached to an aromatic ring is 1. The minimum atomic E-state index is -4.58. The lowest BCUT2D eigenvalue weighted by molar-refractivity contribution is -0.138. The molecular weight excluding hydrogens is 223 g/mol. The van der Waals surface area contributed by atoms with Crippen LogP contribution in [0.15, 0.2) is 12.1 Å². The predicted octanol–water partition coefficient (Wildman–Crippen LogP) is 2.50. The van der Waals surface area contributed by atoms with Crippen molar-refractivity contribution in [3.05, 3.63) is 23.3 Å². The molecule has 0 heterocycles. The maximum atomic E-state index is 12.6. The Morgan fingerprint density at radius 1 is 1.38 bits per heavy atom. The third-order valence-electron chi connectivity index (χ3n) is 2.06. The van der Waals surface area contributed by atoms with Gasteiger partial charge < -0.3 is 10.5 Å². The summed E-state index contributed by atoms with van der Waals surface area (Å²) in [6.45, 7) is 1.15. The highest BCUT2D eigenvalue weighted by Gasteiger charge is 2.35. The van der Waals surface area contributed by atoms with Gasteiger partial charge >= 0.3 is 6.18 Å². The Labute approximate surface area is 90.0 Å². The lowest BCUT2D eigenvalue weighted by Gasteiger charge is -2.14. The smallest absolute Gasteiger partial charge is 0.419 e. The molecule has 0 bridgehead atoms. The molecule has 88 valence electrons. The molecule has 0 aromatic heterocycles. The molecule has 0 unspecified atom stereocenters. The standard InChI is InChI=1S/C10H10F3NO2/c1-5(15)6-3-7(10(11,12)13)9(16-2)4-8(6)14/h3-4H,14H2,1-2H3. The minimum absolute atomic E-state index is 0.0302. The molecule has 0 atom stereocenters. The predicted molar refractivity (Wildman–Crippen MR) is 52.4 cm³/mol. The van der Waals surface area contributed by atoms with E-state index in [1.807, 2.05) is 0 Å². The Kier molecular flexibility index (Phi) is 3.11. The third kappa shape index (κ3) is 2.26. The first-order valence-electron chi connectivity index (χ1n) is 4.33. The fourth-order valence-corrected chi connectivity index (χ4v) is 1.29. The molecule has 0 saturated carbocycles. The maximum absolute atomic E-state index is 12.6. The number of ketones is 1. The fourth-order valence-electron chi connectivity index (χ4n) is 1.29. The largest absolute Gasteiger partial charge is 0.496 e. The van der Waals surface area contributed by atoms with Crippen molar-refractivity contribution in [3.8, 4) is 5.75 Å². The first-order chi connectivity index (χ1) is 7.27. The monoisotopic (exact) mass is 233 g/mol. The van der Waals surface area contributed by atoms with Gasteiger partial charge in [0.1, 0.15) is 5.75 Å². The van der Waals surface area contributed by atoms with E-state index in [4.69, 9.17) is 5.73 Å². The topological polar surface area (TPSA) is 52.3 Å². The molecule has 6 heteroatoms. The van der Waals surface area contributed by atoms with E-state index >= 15 is 0 Å². The third-order valence-corrected chi connectivity index (χ3v) is 2.06. The van der Waals surface area contributed by atoms with Crippen molar-refractivity contribution < 1.29 is 22.7 Å². The average molecular weight is 233 g/mol. The van der Waals surface area contributed by atoms with E-state index in [1.165, 1.54) is 0 Å². The minimum Gasteiger partial charge on any atom is -0.496 e. The molecule has 0 aliphatic rings. The Hall–Kier alpha value is -1.72. The van der Waals surface area contributed by atoms with Crippen molar-refractivity contribution in [2.24, 2.45) is 0 Å². The normalized spacial score (nSPS) is 11.3. The van der Waals surface area contributed by atoms with Gasteiger partial charge in [-0.05, 0) is 13.0 Å². The highest BCUT2D eigenvalue weighted by atomic mass is 19.4. The van der Waals surface area contributed by atoms with Gasteiger partial charge in [-0.25, -0.2) is 0 Å². The number of carbonyl (C=O) groups excluding carboxylic acids is 1. The van der Waals surface area contributed by atoms with Crippen molar-refractivity contribution in [2.45, 2.75) is 13.1 Å². The molecule has 0 fully saturated rings. The number of ether oxygens (including phenoxy) is 1. The van der Waals surface area contributed by atoms with Crippen LogP contribution in [0.5, 0.6) is 5.75 Å². The molecule has 0 amide bonds. The van der Waals surface area contributed by atoms with Gasteiger partial charge in [-0.1, -0.05) is 0 Å². The number of carbonyl (C=O) groups is 1.